The van der Waals surface area contributed by atoms with E-state index in [-0.39, 0.29) is 0 Å². The van der Waals surface area contributed by atoms with Crippen LogP contribution in [0.5, 0.6) is 5.75 Å². The van der Waals surface area contributed by atoms with Crippen LogP contribution in [0, 0.1) is 0 Å². The van der Waals surface area contributed by atoms with Crippen molar-refractivity contribution < 1.29 is 14.9 Å². The van der Waals surface area contributed by atoms with Crippen LogP contribution in [-0.4, -0.2) is 42.0 Å². The van der Waals surface area contributed by atoms with Gasteiger partial charge in [0.05, 0.1) is 19.4 Å². The van der Waals surface area contributed by atoms with Crippen molar-refractivity contribution in [1.82, 2.24) is 10.3 Å². The summed E-state index contributed by atoms with van der Waals surface area (Å²) >= 11 is 0. The van der Waals surface area contributed by atoms with Gasteiger partial charge in [0.1, 0.15) is 11.9 Å². The lowest BCUT2D eigenvalue weighted by molar-refractivity contribution is 0.0199. The zero-order valence-corrected chi connectivity index (χ0v) is 8.84. The Balaban J connectivity index is 2.76. The van der Waals surface area contributed by atoms with Crippen LogP contribution < -0.4 is 10.1 Å². The topological polar surface area (TPSA) is 74.6 Å². The number of ether oxygens (including phenoxy) is 1. The van der Waals surface area contributed by atoms with Crippen LogP contribution in [0.2, 0.25) is 0 Å². The van der Waals surface area contributed by atoms with Crippen LogP contribution in [0.1, 0.15) is 11.7 Å². The second-order valence-electron chi connectivity index (χ2n) is 3.23. The maximum atomic E-state index is 9.75. The number of hydrogen-bond donors (Lipinski definition) is 3. The monoisotopic (exact) mass is 212 g/mol. The van der Waals surface area contributed by atoms with Crippen molar-refractivity contribution in [1.29, 1.82) is 0 Å². The molecular weight excluding hydrogens is 196 g/mol. The van der Waals surface area contributed by atoms with Crippen molar-refractivity contribution in [2.24, 2.45) is 0 Å². The Morgan fingerprint density at radius 1 is 1.47 bits per heavy atom. The van der Waals surface area contributed by atoms with Gasteiger partial charge in [-0.25, -0.2) is 0 Å². The Labute approximate surface area is 88.7 Å². The van der Waals surface area contributed by atoms with E-state index in [1.807, 2.05) is 0 Å². The Morgan fingerprint density at radius 2 is 2.20 bits per heavy atom. The maximum Gasteiger partial charge on any atom is 0.137 e. The van der Waals surface area contributed by atoms with E-state index < -0.39 is 12.2 Å². The van der Waals surface area contributed by atoms with Crippen LogP contribution in [0.3, 0.4) is 0 Å². The van der Waals surface area contributed by atoms with E-state index in [0.717, 1.165) is 0 Å². The molecule has 2 atom stereocenters. The summed E-state index contributed by atoms with van der Waals surface area (Å²) in [5, 5.41) is 22.1. The van der Waals surface area contributed by atoms with Gasteiger partial charge in [-0.2, -0.15) is 0 Å². The summed E-state index contributed by atoms with van der Waals surface area (Å²) < 4.78 is 4.97. The zero-order chi connectivity index (χ0) is 11.3. The average molecular weight is 212 g/mol. The summed E-state index contributed by atoms with van der Waals surface area (Å²) in [6, 6.07) is 1.65. The fraction of sp³-hybridized carbons (Fsp3) is 0.500. The number of methoxy groups -OCH3 is 1. The second kappa shape index (κ2) is 5.65. The minimum atomic E-state index is -0.958. The summed E-state index contributed by atoms with van der Waals surface area (Å²) in [6.45, 7) is 0.318. The first-order valence-electron chi connectivity index (χ1n) is 4.68. The number of likely N-dealkylation sites (N-methyl/N-ethyl adjacent to an activating group) is 1. The summed E-state index contributed by atoms with van der Waals surface area (Å²) in [7, 11) is 3.23. The molecule has 0 saturated carbocycles. The highest BCUT2D eigenvalue weighted by Gasteiger charge is 2.18. The number of pyridine rings is 1. The van der Waals surface area contributed by atoms with Crippen molar-refractivity contribution in [3.8, 4) is 5.75 Å². The van der Waals surface area contributed by atoms with Gasteiger partial charge in [-0.05, 0) is 13.1 Å². The number of hydrogen-bond acceptors (Lipinski definition) is 5. The number of aliphatic hydroxyl groups is 2. The third-order valence-corrected chi connectivity index (χ3v) is 2.09. The summed E-state index contributed by atoms with van der Waals surface area (Å²) in [4.78, 5) is 3.90. The second-order valence-corrected chi connectivity index (χ2v) is 3.23. The first kappa shape index (κ1) is 11.9. The van der Waals surface area contributed by atoms with Crippen molar-refractivity contribution in [3.05, 3.63) is 24.0 Å². The lowest BCUT2D eigenvalue weighted by Gasteiger charge is -2.17. The molecule has 1 aromatic heterocycles. The summed E-state index contributed by atoms with van der Waals surface area (Å²) in [5.74, 6) is 0.559. The molecule has 0 bridgehead atoms. The first-order chi connectivity index (χ1) is 7.19. The van der Waals surface area contributed by atoms with Gasteiger partial charge >= 0.3 is 0 Å². The smallest absolute Gasteiger partial charge is 0.137 e. The van der Waals surface area contributed by atoms with Gasteiger partial charge in [-0.15, -0.1) is 0 Å². The number of aromatic nitrogens is 1. The van der Waals surface area contributed by atoms with Gasteiger partial charge in [0, 0.05) is 18.3 Å². The molecular formula is C10H16N2O3. The molecule has 5 heteroatoms. The molecule has 1 aromatic rings. The van der Waals surface area contributed by atoms with Gasteiger partial charge in [-0.3, -0.25) is 4.98 Å². The Morgan fingerprint density at radius 3 is 2.80 bits per heavy atom. The third kappa shape index (κ3) is 3.16. The van der Waals surface area contributed by atoms with E-state index in [9.17, 15) is 10.2 Å². The zero-order valence-electron chi connectivity index (χ0n) is 8.84. The van der Waals surface area contributed by atoms with Gasteiger partial charge in [0.2, 0.25) is 0 Å². The predicted octanol–water partition coefficient (Wildman–Crippen LogP) is -0.296. The predicted molar refractivity (Wildman–Crippen MR) is 55.7 cm³/mol. The number of nitrogens with one attached hydrogen (secondary N) is 1. The van der Waals surface area contributed by atoms with Crippen molar-refractivity contribution in [2.75, 3.05) is 20.7 Å². The summed E-state index contributed by atoms with van der Waals surface area (Å²) in [6.07, 6.45) is 1.23. The molecule has 0 saturated heterocycles. The SMILES string of the molecule is CNCC(O)C(O)c1cncc(OC)c1. The van der Waals surface area contributed by atoms with Crippen molar-refractivity contribution in [3.63, 3.8) is 0 Å². The molecule has 5 nitrogen and oxygen atoms in total. The van der Waals surface area contributed by atoms with Crippen molar-refractivity contribution in [2.45, 2.75) is 12.2 Å². The Bertz CT molecular complexity index is 306. The maximum absolute atomic E-state index is 9.75. The molecule has 15 heavy (non-hydrogen) atoms. The number of rotatable bonds is 5. The highest BCUT2D eigenvalue weighted by molar-refractivity contribution is 5.25. The third-order valence-electron chi connectivity index (χ3n) is 2.09. The molecule has 0 radical (unpaired) electrons. The molecule has 0 fully saturated rings. The minimum Gasteiger partial charge on any atom is -0.495 e. The molecule has 0 aromatic carbocycles. The molecule has 1 rings (SSSR count). The number of nitrogens with zero attached hydrogens (tertiary/aromatic N) is 1. The molecule has 0 aliphatic heterocycles. The highest BCUT2D eigenvalue weighted by Crippen LogP contribution is 2.19. The van der Waals surface area contributed by atoms with Crippen LogP contribution in [0.4, 0.5) is 0 Å². The fourth-order valence-corrected chi connectivity index (χ4v) is 1.25. The minimum absolute atomic E-state index is 0.318. The molecule has 3 N–H and O–H groups in total. The highest BCUT2D eigenvalue weighted by atomic mass is 16.5. The average Bonchev–Trinajstić information content (AvgIpc) is 2.28. The van der Waals surface area contributed by atoms with Crippen LogP contribution in [0.25, 0.3) is 0 Å². The fourth-order valence-electron chi connectivity index (χ4n) is 1.25. The largest absolute Gasteiger partial charge is 0.495 e. The van der Waals surface area contributed by atoms with Crippen LogP contribution >= 0.6 is 0 Å². The van der Waals surface area contributed by atoms with Gasteiger partial charge in [0.25, 0.3) is 0 Å². The standard InChI is InChI=1S/C10H16N2O3/c1-11-6-9(13)10(14)7-3-8(15-2)5-12-4-7/h3-5,9-11,13-14H,6H2,1-2H3. The first-order valence-corrected chi connectivity index (χ1v) is 4.68. The van der Waals surface area contributed by atoms with E-state index in [0.29, 0.717) is 17.9 Å². The van der Waals surface area contributed by atoms with E-state index in [4.69, 9.17) is 4.74 Å². The van der Waals surface area contributed by atoms with Crippen LogP contribution in [-0.2, 0) is 0 Å². The van der Waals surface area contributed by atoms with Gasteiger partial charge in [-0.1, -0.05) is 0 Å². The normalized spacial score (nSPS) is 14.7. The molecule has 2 unspecified atom stereocenters. The van der Waals surface area contributed by atoms with E-state index in [1.54, 1.807) is 19.3 Å². The molecule has 0 aliphatic rings. The Hall–Kier alpha value is -1.17. The van der Waals surface area contributed by atoms with Gasteiger partial charge in [0.15, 0.2) is 0 Å². The Kier molecular flexibility index (Phi) is 4.48. The molecule has 0 spiro atoms. The van der Waals surface area contributed by atoms with E-state index >= 15 is 0 Å². The van der Waals surface area contributed by atoms with Gasteiger partial charge < -0.3 is 20.3 Å². The molecule has 0 aliphatic carbocycles. The van der Waals surface area contributed by atoms with E-state index in [1.165, 1.54) is 13.3 Å². The lowest BCUT2D eigenvalue weighted by atomic mass is 10.1. The lowest BCUT2D eigenvalue weighted by Crippen LogP contribution is -2.29. The molecule has 0 amide bonds. The van der Waals surface area contributed by atoms with Crippen LogP contribution in [0.15, 0.2) is 18.5 Å². The van der Waals surface area contributed by atoms with Crippen molar-refractivity contribution >= 4 is 0 Å². The summed E-state index contributed by atoms with van der Waals surface area (Å²) in [5.41, 5.74) is 0.539. The molecule has 1 heterocycles. The number of aliphatic hydroxyl groups excluding tert-OH is 2. The molecule has 84 valence electrons. The van der Waals surface area contributed by atoms with E-state index in [2.05, 4.69) is 10.3 Å². The quantitative estimate of drug-likeness (QED) is 0.625.